The molecule has 0 bridgehead atoms. The molecule has 2 unspecified atom stereocenters. The van der Waals surface area contributed by atoms with Crippen molar-refractivity contribution in [2.45, 2.75) is 44.2 Å². The van der Waals surface area contributed by atoms with Crippen LogP contribution in [-0.4, -0.2) is 24.7 Å². The lowest BCUT2D eigenvalue weighted by Crippen LogP contribution is -2.42. The number of nitrogens with one attached hydrogen (secondary N) is 2. The molecule has 2 fully saturated rings. The molecule has 2 aliphatic rings. The summed E-state index contributed by atoms with van der Waals surface area (Å²) in [6, 6.07) is 0.805. The fourth-order valence-corrected chi connectivity index (χ4v) is 2.06. The minimum atomic E-state index is 0.00942. The average molecular weight is 197 g/mol. The predicted octanol–water partition coefficient (Wildman–Crippen LogP) is 0.575. The zero-order valence-corrected chi connectivity index (χ0v) is 8.46. The average Bonchev–Trinajstić information content (AvgIpc) is 2.83. The van der Waals surface area contributed by atoms with E-state index < -0.39 is 0 Å². The van der Waals surface area contributed by atoms with Gasteiger partial charge in [0.1, 0.15) is 0 Å². The van der Waals surface area contributed by atoms with Gasteiger partial charge in [0.25, 0.3) is 0 Å². The normalized spacial score (nSPS) is 31.5. The molecule has 4 nitrogen and oxygen atoms in total. The van der Waals surface area contributed by atoms with Gasteiger partial charge in [0, 0.05) is 12.1 Å². The van der Waals surface area contributed by atoms with Gasteiger partial charge >= 0.3 is 6.03 Å². The van der Waals surface area contributed by atoms with Crippen LogP contribution in [0, 0.1) is 5.92 Å². The monoisotopic (exact) mass is 197 g/mol. The van der Waals surface area contributed by atoms with Crippen molar-refractivity contribution in [2.24, 2.45) is 11.7 Å². The molecule has 0 aliphatic heterocycles. The first-order chi connectivity index (χ1) is 6.78. The van der Waals surface area contributed by atoms with Crippen LogP contribution in [0.15, 0.2) is 0 Å². The molecule has 0 aromatic rings. The van der Waals surface area contributed by atoms with Crippen LogP contribution in [0.4, 0.5) is 4.79 Å². The highest BCUT2D eigenvalue weighted by Crippen LogP contribution is 2.24. The Morgan fingerprint density at radius 3 is 2.36 bits per heavy atom. The molecule has 0 aromatic heterocycles. The van der Waals surface area contributed by atoms with Gasteiger partial charge in [0.2, 0.25) is 0 Å². The molecule has 2 atom stereocenters. The number of hydrogen-bond acceptors (Lipinski definition) is 2. The Bertz CT molecular complexity index is 215. The van der Waals surface area contributed by atoms with Gasteiger partial charge in [-0.3, -0.25) is 0 Å². The number of urea groups is 1. The number of nitrogens with two attached hydrogens (primary N) is 1. The molecule has 4 heteroatoms. The molecule has 14 heavy (non-hydrogen) atoms. The van der Waals surface area contributed by atoms with E-state index in [0.29, 0.717) is 18.0 Å². The predicted molar refractivity (Wildman–Crippen MR) is 54.9 cm³/mol. The topological polar surface area (TPSA) is 67.1 Å². The van der Waals surface area contributed by atoms with E-state index in [0.717, 1.165) is 38.6 Å². The van der Waals surface area contributed by atoms with E-state index >= 15 is 0 Å². The third kappa shape index (κ3) is 2.61. The summed E-state index contributed by atoms with van der Waals surface area (Å²) in [5.41, 5.74) is 5.59. The van der Waals surface area contributed by atoms with Crippen molar-refractivity contribution in [3.63, 3.8) is 0 Å². The first kappa shape index (κ1) is 9.77. The summed E-state index contributed by atoms with van der Waals surface area (Å²) >= 11 is 0. The zero-order chi connectivity index (χ0) is 9.97. The van der Waals surface area contributed by atoms with E-state index in [1.54, 1.807) is 0 Å². The maximum Gasteiger partial charge on any atom is 0.315 e. The summed E-state index contributed by atoms with van der Waals surface area (Å²) in [6.07, 6.45) is 5.58. The molecule has 0 spiro atoms. The summed E-state index contributed by atoms with van der Waals surface area (Å²) in [5, 5.41) is 5.94. The Morgan fingerprint density at radius 1 is 1.14 bits per heavy atom. The van der Waals surface area contributed by atoms with Gasteiger partial charge in [0.15, 0.2) is 0 Å². The Kier molecular flexibility index (Phi) is 2.91. The number of carbonyl (C=O) groups is 1. The van der Waals surface area contributed by atoms with E-state index in [4.69, 9.17) is 5.73 Å². The number of carbonyl (C=O) groups excluding carboxylic acids is 1. The van der Waals surface area contributed by atoms with Crippen LogP contribution < -0.4 is 16.4 Å². The summed E-state index contributed by atoms with van der Waals surface area (Å²) < 4.78 is 0. The van der Waals surface area contributed by atoms with Crippen molar-refractivity contribution in [1.29, 1.82) is 0 Å². The quantitative estimate of drug-likeness (QED) is 0.619. The second-order valence-electron chi connectivity index (χ2n) is 4.50. The molecule has 0 radical (unpaired) electrons. The first-order valence-corrected chi connectivity index (χ1v) is 5.55. The highest BCUT2D eigenvalue weighted by Gasteiger charge is 2.27. The van der Waals surface area contributed by atoms with Crippen LogP contribution in [0.1, 0.15) is 32.1 Å². The molecular formula is C10H19N3O. The Labute approximate surface area is 84.6 Å². The maximum atomic E-state index is 11.4. The molecule has 0 heterocycles. The molecule has 2 saturated carbocycles. The lowest BCUT2D eigenvalue weighted by atomic mass is 10.1. The molecule has 4 N–H and O–H groups in total. The smallest absolute Gasteiger partial charge is 0.315 e. The van der Waals surface area contributed by atoms with Crippen LogP contribution in [0.2, 0.25) is 0 Å². The lowest BCUT2D eigenvalue weighted by Gasteiger charge is -2.13. The summed E-state index contributed by atoms with van der Waals surface area (Å²) in [5.74, 6) is 0.612. The van der Waals surface area contributed by atoms with Crippen molar-refractivity contribution in [3.05, 3.63) is 0 Å². The highest BCUT2D eigenvalue weighted by molar-refractivity contribution is 5.74. The van der Waals surface area contributed by atoms with Crippen LogP contribution in [0.3, 0.4) is 0 Å². The molecule has 0 aromatic carbocycles. The largest absolute Gasteiger partial charge is 0.335 e. The third-order valence-corrected chi connectivity index (χ3v) is 3.12. The number of rotatable bonds is 3. The van der Waals surface area contributed by atoms with E-state index in [9.17, 15) is 4.79 Å². The standard InChI is InChI=1S/C10H19N3O/c11-6-7-1-2-9(5-7)13-10(14)12-8-3-4-8/h7-9H,1-6,11H2,(H2,12,13,14). The second-order valence-corrected chi connectivity index (χ2v) is 4.50. The number of hydrogen-bond donors (Lipinski definition) is 3. The maximum absolute atomic E-state index is 11.4. The molecule has 2 amide bonds. The fraction of sp³-hybridized carbons (Fsp3) is 0.900. The van der Waals surface area contributed by atoms with Crippen molar-refractivity contribution < 1.29 is 4.79 Å². The van der Waals surface area contributed by atoms with Gasteiger partial charge in [-0.2, -0.15) is 0 Å². The molecule has 0 saturated heterocycles. The molecule has 80 valence electrons. The minimum absolute atomic E-state index is 0.00942. The Balaban J connectivity index is 1.66. The van der Waals surface area contributed by atoms with E-state index in [1.807, 2.05) is 0 Å². The third-order valence-electron chi connectivity index (χ3n) is 3.12. The summed E-state index contributed by atoms with van der Waals surface area (Å²) in [7, 11) is 0. The van der Waals surface area contributed by atoms with Crippen LogP contribution in [0.25, 0.3) is 0 Å². The zero-order valence-electron chi connectivity index (χ0n) is 8.46. The lowest BCUT2D eigenvalue weighted by molar-refractivity contribution is 0.236. The van der Waals surface area contributed by atoms with Gasteiger partial charge in [-0.15, -0.1) is 0 Å². The van der Waals surface area contributed by atoms with E-state index in [-0.39, 0.29) is 6.03 Å². The van der Waals surface area contributed by atoms with Crippen molar-refractivity contribution >= 4 is 6.03 Å². The van der Waals surface area contributed by atoms with E-state index in [2.05, 4.69) is 10.6 Å². The highest BCUT2D eigenvalue weighted by atomic mass is 16.2. The van der Waals surface area contributed by atoms with Crippen LogP contribution >= 0.6 is 0 Å². The minimum Gasteiger partial charge on any atom is -0.335 e. The molecular weight excluding hydrogens is 178 g/mol. The van der Waals surface area contributed by atoms with Crippen molar-refractivity contribution in [3.8, 4) is 0 Å². The number of amides is 2. The summed E-state index contributed by atoms with van der Waals surface area (Å²) in [6.45, 7) is 0.752. The Hall–Kier alpha value is -0.770. The molecule has 2 rings (SSSR count). The van der Waals surface area contributed by atoms with Gasteiger partial charge in [0.05, 0.1) is 0 Å². The van der Waals surface area contributed by atoms with Gasteiger partial charge in [-0.1, -0.05) is 0 Å². The Morgan fingerprint density at radius 2 is 1.79 bits per heavy atom. The van der Waals surface area contributed by atoms with Crippen LogP contribution in [-0.2, 0) is 0 Å². The SMILES string of the molecule is NCC1CCC(NC(=O)NC2CC2)C1. The van der Waals surface area contributed by atoms with Crippen LogP contribution in [0.5, 0.6) is 0 Å². The summed E-state index contributed by atoms with van der Waals surface area (Å²) in [4.78, 5) is 11.4. The van der Waals surface area contributed by atoms with Crippen molar-refractivity contribution in [1.82, 2.24) is 10.6 Å². The fourth-order valence-electron chi connectivity index (χ4n) is 2.06. The van der Waals surface area contributed by atoms with Gasteiger partial charge in [-0.05, 0) is 44.6 Å². The van der Waals surface area contributed by atoms with Gasteiger partial charge < -0.3 is 16.4 Å². The second kappa shape index (κ2) is 4.17. The first-order valence-electron chi connectivity index (χ1n) is 5.55. The van der Waals surface area contributed by atoms with E-state index in [1.165, 1.54) is 0 Å². The molecule has 2 aliphatic carbocycles. The van der Waals surface area contributed by atoms with Crippen molar-refractivity contribution in [2.75, 3.05) is 6.54 Å². The van der Waals surface area contributed by atoms with Gasteiger partial charge in [-0.25, -0.2) is 4.79 Å².